The monoisotopic (exact) mass is 329 g/mol. The number of H-pyrrole nitrogens is 1. The Balaban J connectivity index is 1.69. The quantitative estimate of drug-likeness (QED) is 0.485. The van der Waals surface area contributed by atoms with Crippen molar-refractivity contribution < 1.29 is 0 Å². The summed E-state index contributed by atoms with van der Waals surface area (Å²) in [5.74, 6) is 0.819. The first-order valence-electron chi connectivity index (χ1n) is 8.22. The fourth-order valence-electron chi connectivity index (χ4n) is 2.90. The molecule has 124 valence electrons. The number of anilines is 2. The van der Waals surface area contributed by atoms with E-state index in [2.05, 4.69) is 45.4 Å². The number of hydrogen-bond donors (Lipinski definition) is 3. The SMILES string of the molecule is C[C@H](Nc1ncnc2[nH]c(-c3ccc(N)cc3)cc12)c1ccccc1. The van der Waals surface area contributed by atoms with Gasteiger partial charge in [0.25, 0.3) is 0 Å². The molecule has 0 bridgehead atoms. The molecule has 4 N–H and O–H groups in total. The Morgan fingerprint density at radius 1 is 1.00 bits per heavy atom. The lowest BCUT2D eigenvalue weighted by molar-refractivity contribution is 0.876. The number of aromatic amines is 1. The largest absolute Gasteiger partial charge is 0.399 e. The highest BCUT2D eigenvalue weighted by Gasteiger charge is 2.12. The van der Waals surface area contributed by atoms with Gasteiger partial charge in [0.2, 0.25) is 0 Å². The second-order valence-corrected chi connectivity index (χ2v) is 6.07. The number of hydrogen-bond acceptors (Lipinski definition) is 4. The molecule has 0 saturated heterocycles. The van der Waals surface area contributed by atoms with Gasteiger partial charge in [0.15, 0.2) is 0 Å². The number of benzene rings is 2. The van der Waals surface area contributed by atoms with Gasteiger partial charge in [-0.1, -0.05) is 42.5 Å². The highest BCUT2D eigenvalue weighted by Crippen LogP contribution is 2.29. The van der Waals surface area contributed by atoms with Crippen LogP contribution in [0.5, 0.6) is 0 Å². The van der Waals surface area contributed by atoms with Crippen LogP contribution in [0.15, 0.2) is 67.0 Å². The molecule has 0 spiro atoms. The average molecular weight is 329 g/mol. The molecule has 5 heteroatoms. The molecule has 2 aromatic carbocycles. The summed E-state index contributed by atoms with van der Waals surface area (Å²) in [7, 11) is 0. The van der Waals surface area contributed by atoms with E-state index in [0.29, 0.717) is 0 Å². The van der Waals surface area contributed by atoms with Crippen molar-refractivity contribution in [3.8, 4) is 11.3 Å². The van der Waals surface area contributed by atoms with Crippen LogP contribution in [0.3, 0.4) is 0 Å². The lowest BCUT2D eigenvalue weighted by Crippen LogP contribution is -2.08. The normalized spacial score (nSPS) is 12.2. The molecule has 0 unspecified atom stereocenters. The van der Waals surface area contributed by atoms with Gasteiger partial charge in [-0.25, -0.2) is 9.97 Å². The van der Waals surface area contributed by atoms with Crippen molar-refractivity contribution in [1.82, 2.24) is 15.0 Å². The summed E-state index contributed by atoms with van der Waals surface area (Å²) in [6.45, 7) is 2.12. The molecule has 2 heterocycles. The van der Waals surface area contributed by atoms with Crippen LogP contribution < -0.4 is 11.1 Å². The zero-order valence-electron chi connectivity index (χ0n) is 13.9. The van der Waals surface area contributed by atoms with Crippen LogP contribution in [-0.2, 0) is 0 Å². The summed E-state index contributed by atoms with van der Waals surface area (Å²) < 4.78 is 0. The van der Waals surface area contributed by atoms with Gasteiger partial charge in [0, 0.05) is 17.4 Å². The van der Waals surface area contributed by atoms with Crippen LogP contribution in [0, 0.1) is 0 Å². The molecule has 0 aliphatic heterocycles. The van der Waals surface area contributed by atoms with Gasteiger partial charge in [0.05, 0.1) is 5.39 Å². The summed E-state index contributed by atoms with van der Waals surface area (Å²) in [5.41, 5.74) is 10.6. The van der Waals surface area contributed by atoms with Gasteiger partial charge < -0.3 is 16.0 Å². The van der Waals surface area contributed by atoms with Crippen molar-refractivity contribution in [2.45, 2.75) is 13.0 Å². The molecule has 0 aliphatic carbocycles. The van der Waals surface area contributed by atoms with Gasteiger partial charge >= 0.3 is 0 Å². The van der Waals surface area contributed by atoms with Gasteiger partial charge in [-0.05, 0) is 36.2 Å². The molecular formula is C20H19N5. The van der Waals surface area contributed by atoms with Gasteiger partial charge in [0.1, 0.15) is 17.8 Å². The number of nitrogens with one attached hydrogen (secondary N) is 2. The third kappa shape index (κ3) is 3.04. The standard InChI is InChI=1S/C20H19N5/c1-13(14-5-3-2-4-6-14)24-19-17-11-18(25-20(17)23-12-22-19)15-7-9-16(21)10-8-15/h2-13H,21H2,1H3,(H2,22,23,24,25)/t13-/m0/s1. The van der Waals surface area contributed by atoms with E-state index < -0.39 is 0 Å². The fraction of sp³-hybridized carbons (Fsp3) is 0.100. The lowest BCUT2D eigenvalue weighted by atomic mass is 10.1. The second kappa shape index (κ2) is 6.28. The summed E-state index contributed by atoms with van der Waals surface area (Å²) in [6.07, 6.45) is 1.58. The van der Waals surface area contributed by atoms with E-state index in [4.69, 9.17) is 5.73 Å². The summed E-state index contributed by atoms with van der Waals surface area (Å²) >= 11 is 0. The number of nitrogen functional groups attached to an aromatic ring is 1. The highest BCUT2D eigenvalue weighted by molar-refractivity contribution is 5.91. The molecule has 4 rings (SSSR count). The van der Waals surface area contributed by atoms with Crippen LogP contribution in [0.4, 0.5) is 11.5 Å². The maximum atomic E-state index is 5.77. The Morgan fingerprint density at radius 2 is 1.76 bits per heavy atom. The Hall–Kier alpha value is -3.34. The highest BCUT2D eigenvalue weighted by atomic mass is 15.1. The summed E-state index contributed by atoms with van der Waals surface area (Å²) in [6, 6.07) is 20.3. The zero-order valence-corrected chi connectivity index (χ0v) is 13.9. The maximum absolute atomic E-state index is 5.77. The first-order valence-corrected chi connectivity index (χ1v) is 8.22. The fourth-order valence-corrected chi connectivity index (χ4v) is 2.90. The van der Waals surface area contributed by atoms with E-state index >= 15 is 0 Å². The van der Waals surface area contributed by atoms with Crippen molar-refractivity contribution in [2.75, 3.05) is 11.1 Å². The van der Waals surface area contributed by atoms with E-state index in [1.807, 2.05) is 42.5 Å². The van der Waals surface area contributed by atoms with Crippen LogP contribution in [0.25, 0.3) is 22.3 Å². The summed E-state index contributed by atoms with van der Waals surface area (Å²) in [5, 5.41) is 4.45. The van der Waals surface area contributed by atoms with Crippen molar-refractivity contribution in [2.24, 2.45) is 0 Å². The van der Waals surface area contributed by atoms with E-state index in [1.54, 1.807) is 6.33 Å². The molecule has 0 saturated carbocycles. The minimum atomic E-state index is 0.147. The van der Waals surface area contributed by atoms with E-state index in [9.17, 15) is 0 Å². The molecular weight excluding hydrogens is 310 g/mol. The maximum Gasteiger partial charge on any atom is 0.143 e. The number of nitrogens with zero attached hydrogens (tertiary/aromatic N) is 2. The topological polar surface area (TPSA) is 79.6 Å². The number of rotatable bonds is 4. The Morgan fingerprint density at radius 3 is 2.52 bits per heavy atom. The Labute approximate surface area is 145 Å². The third-order valence-electron chi connectivity index (χ3n) is 4.30. The van der Waals surface area contributed by atoms with Crippen molar-refractivity contribution >= 4 is 22.5 Å². The predicted molar refractivity (Wildman–Crippen MR) is 102 cm³/mol. The smallest absolute Gasteiger partial charge is 0.143 e. The second-order valence-electron chi connectivity index (χ2n) is 6.07. The minimum Gasteiger partial charge on any atom is -0.399 e. The van der Waals surface area contributed by atoms with Crippen molar-refractivity contribution in [3.63, 3.8) is 0 Å². The first kappa shape index (κ1) is 15.2. The molecule has 2 aromatic heterocycles. The average Bonchev–Trinajstić information content (AvgIpc) is 3.08. The van der Waals surface area contributed by atoms with Crippen LogP contribution in [0.1, 0.15) is 18.5 Å². The van der Waals surface area contributed by atoms with Crippen LogP contribution in [0.2, 0.25) is 0 Å². The summed E-state index contributed by atoms with van der Waals surface area (Å²) in [4.78, 5) is 12.1. The predicted octanol–water partition coefficient (Wildman–Crippen LogP) is 4.38. The minimum absolute atomic E-state index is 0.147. The number of aromatic nitrogens is 3. The molecule has 25 heavy (non-hydrogen) atoms. The van der Waals surface area contributed by atoms with Gasteiger partial charge in [-0.3, -0.25) is 0 Å². The van der Waals surface area contributed by atoms with Gasteiger partial charge in [-0.15, -0.1) is 0 Å². The van der Waals surface area contributed by atoms with Crippen LogP contribution in [-0.4, -0.2) is 15.0 Å². The van der Waals surface area contributed by atoms with Crippen molar-refractivity contribution in [3.05, 3.63) is 72.6 Å². The molecule has 0 fully saturated rings. The van der Waals surface area contributed by atoms with Gasteiger partial charge in [-0.2, -0.15) is 0 Å². The van der Waals surface area contributed by atoms with Crippen molar-refractivity contribution in [1.29, 1.82) is 0 Å². The van der Waals surface area contributed by atoms with E-state index in [0.717, 1.165) is 33.8 Å². The van der Waals surface area contributed by atoms with E-state index in [1.165, 1.54) is 5.56 Å². The lowest BCUT2D eigenvalue weighted by Gasteiger charge is -2.15. The molecule has 1 atom stereocenters. The van der Waals surface area contributed by atoms with Crippen LogP contribution >= 0.6 is 0 Å². The molecule has 5 nitrogen and oxygen atoms in total. The Bertz CT molecular complexity index is 990. The van der Waals surface area contributed by atoms with E-state index in [-0.39, 0.29) is 6.04 Å². The first-order chi connectivity index (χ1) is 12.2. The number of fused-ring (bicyclic) bond motifs is 1. The molecule has 0 aliphatic rings. The third-order valence-corrected chi connectivity index (χ3v) is 4.30. The number of nitrogens with two attached hydrogens (primary N) is 1. The zero-order chi connectivity index (χ0) is 17.2. The molecule has 0 radical (unpaired) electrons. The molecule has 4 aromatic rings. The molecule has 0 amide bonds. The Kier molecular flexibility index (Phi) is 3.82.